The Hall–Kier alpha value is -2.70. The second-order valence-corrected chi connectivity index (χ2v) is 7.85. The van der Waals surface area contributed by atoms with E-state index in [-0.39, 0.29) is 5.82 Å². The summed E-state index contributed by atoms with van der Waals surface area (Å²) in [5.74, 6) is 1.32. The quantitative estimate of drug-likeness (QED) is 0.446. The highest BCUT2D eigenvalue weighted by molar-refractivity contribution is 6.33. The zero-order valence-electron chi connectivity index (χ0n) is 17.7. The van der Waals surface area contributed by atoms with E-state index in [2.05, 4.69) is 26.3 Å². The summed E-state index contributed by atoms with van der Waals surface area (Å²) in [6.07, 6.45) is 9.66. The highest BCUT2D eigenvalue weighted by atomic mass is 35.5. The molecule has 1 saturated carbocycles. The zero-order valence-corrected chi connectivity index (χ0v) is 18.5. The van der Waals surface area contributed by atoms with Crippen molar-refractivity contribution in [2.24, 2.45) is 5.73 Å². The standard InChI is InChI=1S/C23H24ClFN4.CH5N/c24-21-15-28-23(29-19-7-2-1-3-8-19)13-20(21)17-9-10-26-22(12-17)27-14-16-5-4-6-18(25)11-16;1-2/h4-6,9-13,15,19H,1-3,7-8,14H2,(H,26,27)(H,28,29);2H2,1H3. The Bertz CT molecular complexity index is 976. The first-order chi connectivity index (χ1) is 15.2. The SMILES string of the molecule is CN.Fc1cccc(CNc2cc(-c3cc(NC4CCCCC4)ncc3Cl)ccn2)c1. The normalized spacial score (nSPS) is 13.8. The molecule has 3 aromatic rings. The van der Waals surface area contributed by atoms with Gasteiger partial charge in [-0.25, -0.2) is 14.4 Å². The summed E-state index contributed by atoms with van der Waals surface area (Å²) in [7, 11) is 1.50. The first-order valence-corrected chi connectivity index (χ1v) is 11.0. The second kappa shape index (κ2) is 11.6. The molecule has 164 valence electrons. The van der Waals surface area contributed by atoms with Crippen molar-refractivity contribution in [1.82, 2.24) is 9.97 Å². The van der Waals surface area contributed by atoms with Gasteiger partial charge >= 0.3 is 0 Å². The van der Waals surface area contributed by atoms with Gasteiger partial charge in [-0.15, -0.1) is 0 Å². The summed E-state index contributed by atoms with van der Waals surface area (Å²) < 4.78 is 13.4. The van der Waals surface area contributed by atoms with E-state index in [0.717, 1.165) is 22.5 Å². The molecule has 1 aliphatic carbocycles. The molecule has 0 bridgehead atoms. The monoisotopic (exact) mass is 441 g/mol. The van der Waals surface area contributed by atoms with Crippen LogP contribution in [0.5, 0.6) is 0 Å². The third-order valence-electron chi connectivity index (χ3n) is 5.25. The topological polar surface area (TPSA) is 75.9 Å². The number of pyridine rings is 2. The van der Waals surface area contributed by atoms with Crippen LogP contribution in [0.3, 0.4) is 0 Å². The van der Waals surface area contributed by atoms with E-state index in [4.69, 9.17) is 11.6 Å². The molecule has 4 N–H and O–H groups in total. The summed E-state index contributed by atoms with van der Waals surface area (Å²) >= 11 is 6.44. The van der Waals surface area contributed by atoms with E-state index in [1.165, 1.54) is 51.3 Å². The van der Waals surface area contributed by atoms with Gasteiger partial charge in [0.25, 0.3) is 0 Å². The fourth-order valence-electron chi connectivity index (χ4n) is 3.73. The van der Waals surface area contributed by atoms with E-state index >= 15 is 0 Å². The van der Waals surface area contributed by atoms with Crippen LogP contribution >= 0.6 is 11.6 Å². The third-order valence-corrected chi connectivity index (χ3v) is 5.55. The average molecular weight is 442 g/mol. The van der Waals surface area contributed by atoms with Gasteiger partial charge in [0.1, 0.15) is 17.5 Å². The van der Waals surface area contributed by atoms with Gasteiger partial charge in [0.2, 0.25) is 0 Å². The molecule has 7 heteroatoms. The van der Waals surface area contributed by atoms with Gasteiger partial charge in [-0.1, -0.05) is 43.0 Å². The van der Waals surface area contributed by atoms with Gasteiger partial charge in [0.15, 0.2) is 0 Å². The van der Waals surface area contributed by atoms with Crippen molar-refractivity contribution in [3.8, 4) is 11.1 Å². The van der Waals surface area contributed by atoms with E-state index in [9.17, 15) is 4.39 Å². The molecular formula is C24H29ClFN5. The van der Waals surface area contributed by atoms with Crippen LogP contribution in [-0.4, -0.2) is 23.1 Å². The highest BCUT2D eigenvalue weighted by Gasteiger charge is 2.15. The van der Waals surface area contributed by atoms with Crippen LogP contribution in [0, 0.1) is 5.82 Å². The summed E-state index contributed by atoms with van der Waals surface area (Å²) in [6, 6.07) is 12.9. The van der Waals surface area contributed by atoms with Crippen molar-refractivity contribution in [3.05, 3.63) is 71.3 Å². The predicted molar refractivity (Wildman–Crippen MR) is 127 cm³/mol. The minimum atomic E-state index is -0.243. The van der Waals surface area contributed by atoms with Crippen molar-refractivity contribution in [2.45, 2.75) is 44.7 Å². The second-order valence-electron chi connectivity index (χ2n) is 7.44. The lowest BCUT2D eigenvalue weighted by Gasteiger charge is -2.23. The Morgan fingerprint density at radius 2 is 1.84 bits per heavy atom. The number of halogens is 2. The Balaban J connectivity index is 0.00000132. The van der Waals surface area contributed by atoms with Crippen molar-refractivity contribution in [1.29, 1.82) is 0 Å². The van der Waals surface area contributed by atoms with E-state index in [1.807, 2.05) is 24.3 Å². The van der Waals surface area contributed by atoms with Crippen molar-refractivity contribution in [2.75, 3.05) is 17.7 Å². The van der Waals surface area contributed by atoms with Gasteiger partial charge < -0.3 is 16.4 Å². The highest BCUT2D eigenvalue weighted by Crippen LogP contribution is 2.31. The number of benzene rings is 1. The van der Waals surface area contributed by atoms with E-state index in [0.29, 0.717) is 23.4 Å². The lowest BCUT2D eigenvalue weighted by Crippen LogP contribution is -2.22. The molecule has 1 fully saturated rings. The molecular weight excluding hydrogens is 413 g/mol. The first-order valence-electron chi connectivity index (χ1n) is 10.6. The Labute approximate surface area is 188 Å². The maximum absolute atomic E-state index is 13.4. The molecule has 0 radical (unpaired) electrons. The van der Waals surface area contributed by atoms with Crippen LogP contribution in [0.15, 0.2) is 54.9 Å². The van der Waals surface area contributed by atoms with Crippen LogP contribution in [0.25, 0.3) is 11.1 Å². The summed E-state index contributed by atoms with van der Waals surface area (Å²) in [5, 5.41) is 7.39. The number of hydrogen-bond donors (Lipinski definition) is 3. The molecule has 0 saturated heterocycles. The number of nitrogens with zero attached hydrogens (tertiary/aromatic N) is 2. The van der Waals surface area contributed by atoms with Gasteiger partial charge in [-0.2, -0.15) is 0 Å². The predicted octanol–water partition coefficient (Wildman–Crippen LogP) is 5.87. The molecule has 0 aliphatic heterocycles. The minimum Gasteiger partial charge on any atom is -0.367 e. The molecule has 0 amide bonds. The van der Waals surface area contributed by atoms with Crippen LogP contribution in [0.1, 0.15) is 37.7 Å². The van der Waals surface area contributed by atoms with E-state index in [1.54, 1.807) is 18.5 Å². The molecule has 2 aromatic heterocycles. The fraction of sp³-hybridized carbons (Fsp3) is 0.333. The maximum Gasteiger partial charge on any atom is 0.126 e. The minimum absolute atomic E-state index is 0.243. The molecule has 0 spiro atoms. The van der Waals surface area contributed by atoms with Crippen molar-refractivity contribution >= 4 is 23.2 Å². The van der Waals surface area contributed by atoms with Crippen LogP contribution in [-0.2, 0) is 6.54 Å². The Kier molecular flexibility index (Phi) is 8.62. The lowest BCUT2D eigenvalue weighted by atomic mass is 9.95. The number of nitrogens with one attached hydrogen (secondary N) is 2. The molecule has 31 heavy (non-hydrogen) atoms. The molecule has 1 aromatic carbocycles. The molecule has 1 aliphatic rings. The third kappa shape index (κ3) is 6.64. The Morgan fingerprint density at radius 3 is 2.61 bits per heavy atom. The molecule has 2 heterocycles. The number of hydrogen-bond acceptors (Lipinski definition) is 5. The van der Waals surface area contributed by atoms with Crippen LogP contribution in [0.4, 0.5) is 16.0 Å². The maximum atomic E-state index is 13.4. The van der Waals surface area contributed by atoms with Gasteiger partial charge in [-0.05, 0) is 61.3 Å². The fourth-order valence-corrected chi connectivity index (χ4v) is 3.94. The van der Waals surface area contributed by atoms with Crippen LogP contribution < -0.4 is 16.4 Å². The molecule has 0 atom stereocenters. The first kappa shape index (κ1) is 23.0. The van der Waals surface area contributed by atoms with Gasteiger partial charge in [0, 0.05) is 30.5 Å². The number of rotatable bonds is 6. The largest absolute Gasteiger partial charge is 0.367 e. The van der Waals surface area contributed by atoms with Crippen molar-refractivity contribution < 1.29 is 4.39 Å². The van der Waals surface area contributed by atoms with Gasteiger partial charge in [-0.3, -0.25) is 0 Å². The average Bonchev–Trinajstić information content (AvgIpc) is 2.81. The Morgan fingerprint density at radius 1 is 1.03 bits per heavy atom. The van der Waals surface area contributed by atoms with Crippen molar-refractivity contribution in [3.63, 3.8) is 0 Å². The van der Waals surface area contributed by atoms with E-state index < -0.39 is 0 Å². The summed E-state index contributed by atoms with van der Waals surface area (Å²) in [5.41, 5.74) is 7.23. The number of aromatic nitrogens is 2. The van der Waals surface area contributed by atoms with Crippen LogP contribution in [0.2, 0.25) is 5.02 Å². The smallest absolute Gasteiger partial charge is 0.126 e. The molecule has 5 nitrogen and oxygen atoms in total. The molecule has 0 unspecified atom stereocenters. The zero-order chi connectivity index (χ0) is 22.1. The summed E-state index contributed by atoms with van der Waals surface area (Å²) in [4.78, 5) is 8.82. The lowest BCUT2D eigenvalue weighted by molar-refractivity contribution is 0.462. The summed E-state index contributed by atoms with van der Waals surface area (Å²) in [6.45, 7) is 0.493. The van der Waals surface area contributed by atoms with Gasteiger partial charge in [0.05, 0.1) is 5.02 Å². The number of nitrogens with two attached hydrogens (primary N) is 1. The molecule has 4 rings (SSSR count). The number of anilines is 2.